The minimum absolute atomic E-state index is 0.142. The molecule has 0 aliphatic carbocycles. The first-order chi connectivity index (χ1) is 8.81. The Balaban J connectivity index is 2.10. The Morgan fingerprint density at radius 3 is 3.06 bits per heavy atom. The molecule has 5 nitrogen and oxygen atoms in total. The van der Waals surface area contributed by atoms with Crippen LogP contribution in [-0.2, 0) is 13.5 Å². The van der Waals surface area contributed by atoms with Crippen LogP contribution in [0.3, 0.4) is 0 Å². The zero-order valence-electron chi connectivity index (χ0n) is 10.6. The lowest BCUT2D eigenvalue weighted by Gasteiger charge is -2.27. The second-order valence-electron chi connectivity index (χ2n) is 4.45. The highest BCUT2D eigenvalue weighted by molar-refractivity contribution is 5.45. The number of rotatable bonds is 2. The molecule has 2 heterocycles. The fourth-order valence-corrected chi connectivity index (χ4v) is 2.59. The number of methoxy groups -OCH3 is 1. The van der Waals surface area contributed by atoms with E-state index in [1.165, 1.54) is 11.1 Å². The molecular formula is C13H16N4O. The molecule has 1 N–H and O–H groups in total. The summed E-state index contributed by atoms with van der Waals surface area (Å²) in [6, 6.07) is 6.33. The second-order valence-corrected chi connectivity index (χ2v) is 4.45. The molecule has 1 aromatic carbocycles. The lowest BCUT2D eigenvalue weighted by molar-refractivity contribution is 0.402. The molecule has 1 aliphatic rings. The highest BCUT2D eigenvalue weighted by Crippen LogP contribution is 2.33. The van der Waals surface area contributed by atoms with Gasteiger partial charge in [0.1, 0.15) is 5.75 Å². The molecule has 5 heteroatoms. The van der Waals surface area contributed by atoms with Crippen molar-refractivity contribution in [2.24, 2.45) is 7.05 Å². The van der Waals surface area contributed by atoms with Crippen molar-refractivity contribution in [2.75, 3.05) is 13.7 Å². The molecule has 1 unspecified atom stereocenters. The van der Waals surface area contributed by atoms with E-state index < -0.39 is 0 Å². The average Bonchev–Trinajstić information content (AvgIpc) is 2.83. The van der Waals surface area contributed by atoms with Crippen LogP contribution >= 0.6 is 0 Å². The van der Waals surface area contributed by atoms with Gasteiger partial charge in [0.25, 0.3) is 0 Å². The van der Waals surface area contributed by atoms with Crippen molar-refractivity contribution >= 4 is 0 Å². The van der Waals surface area contributed by atoms with Gasteiger partial charge in [0.2, 0.25) is 0 Å². The largest absolute Gasteiger partial charge is 0.496 e. The maximum absolute atomic E-state index is 5.44. The average molecular weight is 244 g/mol. The number of aryl methyl sites for hydroxylation is 1. The van der Waals surface area contributed by atoms with Crippen LogP contribution in [0.4, 0.5) is 0 Å². The summed E-state index contributed by atoms with van der Waals surface area (Å²) in [5.41, 5.74) is 3.61. The van der Waals surface area contributed by atoms with Gasteiger partial charge in [-0.1, -0.05) is 17.3 Å². The smallest absolute Gasteiger partial charge is 0.122 e. The molecule has 3 rings (SSSR count). The van der Waals surface area contributed by atoms with E-state index in [0.717, 1.165) is 24.4 Å². The van der Waals surface area contributed by atoms with Gasteiger partial charge in [-0.25, -0.2) is 0 Å². The third-order valence-electron chi connectivity index (χ3n) is 3.47. The number of nitrogens with zero attached hydrogens (tertiary/aromatic N) is 3. The van der Waals surface area contributed by atoms with Crippen LogP contribution in [0.1, 0.15) is 22.9 Å². The van der Waals surface area contributed by atoms with Gasteiger partial charge in [-0.15, -0.1) is 5.10 Å². The number of nitrogens with one attached hydrogen (secondary N) is 1. The van der Waals surface area contributed by atoms with E-state index in [2.05, 4.69) is 21.7 Å². The number of fused-ring (bicyclic) bond motifs is 1. The Labute approximate surface area is 106 Å². The van der Waals surface area contributed by atoms with E-state index in [9.17, 15) is 0 Å². The zero-order valence-corrected chi connectivity index (χ0v) is 10.6. The summed E-state index contributed by atoms with van der Waals surface area (Å²) in [6.45, 7) is 0.934. The molecule has 0 radical (unpaired) electrons. The summed E-state index contributed by atoms with van der Waals surface area (Å²) in [6.07, 6.45) is 2.80. The predicted molar refractivity (Wildman–Crippen MR) is 67.5 cm³/mol. The molecule has 1 aromatic heterocycles. The van der Waals surface area contributed by atoms with Gasteiger partial charge in [-0.2, -0.15) is 0 Å². The standard InChI is InChI=1S/C13H16N4O/c1-17-11(8-15-16-17)13-10-4-3-5-12(18-2)9(10)6-7-14-13/h3-5,8,13-14H,6-7H2,1-2H3. The molecule has 2 aromatic rings. The van der Waals surface area contributed by atoms with Crippen LogP contribution in [0.15, 0.2) is 24.4 Å². The van der Waals surface area contributed by atoms with Crippen molar-refractivity contribution in [1.82, 2.24) is 20.3 Å². The molecule has 0 fully saturated rings. The van der Waals surface area contributed by atoms with E-state index in [4.69, 9.17) is 4.74 Å². The maximum atomic E-state index is 5.44. The molecule has 18 heavy (non-hydrogen) atoms. The van der Waals surface area contributed by atoms with Crippen LogP contribution < -0.4 is 10.1 Å². The van der Waals surface area contributed by atoms with E-state index in [1.54, 1.807) is 7.11 Å². The highest BCUT2D eigenvalue weighted by atomic mass is 16.5. The van der Waals surface area contributed by atoms with Crippen LogP contribution in [0.25, 0.3) is 0 Å². The lowest BCUT2D eigenvalue weighted by atomic mass is 9.92. The summed E-state index contributed by atoms with van der Waals surface area (Å²) in [7, 11) is 3.64. The first-order valence-electron chi connectivity index (χ1n) is 6.05. The fourth-order valence-electron chi connectivity index (χ4n) is 2.59. The third-order valence-corrected chi connectivity index (χ3v) is 3.47. The molecule has 0 saturated carbocycles. The molecular weight excluding hydrogens is 228 g/mol. The number of hydrogen-bond donors (Lipinski definition) is 1. The molecule has 0 bridgehead atoms. The fraction of sp³-hybridized carbons (Fsp3) is 0.385. The molecule has 1 aliphatic heterocycles. The van der Waals surface area contributed by atoms with Crippen LogP contribution in [0.5, 0.6) is 5.75 Å². The zero-order chi connectivity index (χ0) is 12.5. The Bertz CT molecular complexity index is 564. The van der Waals surface area contributed by atoms with Crippen molar-refractivity contribution in [1.29, 1.82) is 0 Å². The number of ether oxygens (including phenoxy) is 1. The van der Waals surface area contributed by atoms with Crippen molar-refractivity contribution in [3.8, 4) is 5.75 Å². The summed E-state index contributed by atoms with van der Waals surface area (Å²) < 4.78 is 7.25. The Morgan fingerprint density at radius 1 is 1.44 bits per heavy atom. The third kappa shape index (κ3) is 1.67. The number of benzene rings is 1. The van der Waals surface area contributed by atoms with Crippen molar-refractivity contribution < 1.29 is 4.74 Å². The van der Waals surface area contributed by atoms with E-state index in [1.807, 2.05) is 30.1 Å². The monoisotopic (exact) mass is 244 g/mol. The van der Waals surface area contributed by atoms with Crippen LogP contribution in [0.2, 0.25) is 0 Å². The number of aromatic nitrogens is 3. The van der Waals surface area contributed by atoms with Gasteiger partial charge in [0.15, 0.2) is 0 Å². The SMILES string of the molecule is COc1cccc2c1CCNC2c1cnnn1C. The maximum Gasteiger partial charge on any atom is 0.122 e. The lowest BCUT2D eigenvalue weighted by Crippen LogP contribution is -2.32. The Morgan fingerprint density at radius 2 is 2.33 bits per heavy atom. The highest BCUT2D eigenvalue weighted by Gasteiger charge is 2.25. The van der Waals surface area contributed by atoms with Crippen LogP contribution in [-0.4, -0.2) is 28.6 Å². The second kappa shape index (κ2) is 4.42. The first kappa shape index (κ1) is 11.2. The Hall–Kier alpha value is -1.88. The van der Waals surface area contributed by atoms with Gasteiger partial charge in [0.05, 0.1) is 25.0 Å². The van der Waals surface area contributed by atoms with Gasteiger partial charge in [0, 0.05) is 19.2 Å². The molecule has 0 spiro atoms. The molecule has 94 valence electrons. The predicted octanol–water partition coefficient (Wildman–Crippen LogP) is 1.06. The van der Waals surface area contributed by atoms with Gasteiger partial charge in [-0.05, 0) is 18.1 Å². The van der Waals surface area contributed by atoms with Gasteiger partial charge < -0.3 is 10.1 Å². The topological polar surface area (TPSA) is 52.0 Å². The summed E-state index contributed by atoms with van der Waals surface area (Å²) in [5.74, 6) is 0.967. The minimum Gasteiger partial charge on any atom is -0.496 e. The first-order valence-corrected chi connectivity index (χ1v) is 6.05. The summed E-state index contributed by atoms with van der Waals surface area (Å²) in [4.78, 5) is 0. The van der Waals surface area contributed by atoms with E-state index in [0.29, 0.717) is 0 Å². The van der Waals surface area contributed by atoms with Crippen LogP contribution in [0, 0.1) is 0 Å². The minimum atomic E-state index is 0.142. The molecule has 0 saturated heterocycles. The summed E-state index contributed by atoms with van der Waals surface area (Å²) in [5, 5.41) is 11.5. The van der Waals surface area contributed by atoms with E-state index >= 15 is 0 Å². The van der Waals surface area contributed by atoms with Gasteiger partial charge >= 0.3 is 0 Å². The Kier molecular flexibility index (Phi) is 2.76. The normalized spacial score (nSPS) is 18.4. The summed E-state index contributed by atoms with van der Waals surface area (Å²) >= 11 is 0. The van der Waals surface area contributed by atoms with Gasteiger partial charge in [-0.3, -0.25) is 4.68 Å². The van der Waals surface area contributed by atoms with Crippen molar-refractivity contribution in [3.05, 3.63) is 41.2 Å². The quantitative estimate of drug-likeness (QED) is 0.858. The van der Waals surface area contributed by atoms with Crippen molar-refractivity contribution in [3.63, 3.8) is 0 Å². The molecule has 1 atom stereocenters. The van der Waals surface area contributed by atoms with Crippen molar-refractivity contribution in [2.45, 2.75) is 12.5 Å². The number of hydrogen-bond acceptors (Lipinski definition) is 4. The van der Waals surface area contributed by atoms with E-state index in [-0.39, 0.29) is 6.04 Å². The molecule has 0 amide bonds.